The summed E-state index contributed by atoms with van der Waals surface area (Å²) in [6.45, 7) is 2.01. The maximum absolute atomic E-state index is 9.63. The summed E-state index contributed by atoms with van der Waals surface area (Å²) in [6, 6.07) is 5.30. The van der Waals surface area contributed by atoms with Crippen LogP contribution in [0.5, 0.6) is 11.5 Å². The van der Waals surface area contributed by atoms with Crippen LogP contribution in [0, 0.1) is 6.92 Å². The van der Waals surface area contributed by atoms with E-state index in [1.165, 1.54) is 7.11 Å². The first-order chi connectivity index (χ1) is 7.22. The SMILES string of the molecule is COc1ccc(-c2ncsc2C)cc1O. The second-order valence-corrected chi connectivity index (χ2v) is 4.20. The van der Waals surface area contributed by atoms with Crippen LogP contribution in [0.15, 0.2) is 23.7 Å². The summed E-state index contributed by atoms with van der Waals surface area (Å²) in [6.07, 6.45) is 0. The highest BCUT2D eigenvalue weighted by Gasteiger charge is 2.08. The lowest BCUT2D eigenvalue weighted by Crippen LogP contribution is -1.85. The number of aryl methyl sites for hydroxylation is 1. The first kappa shape index (κ1) is 9.98. The molecule has 0 bridgehead atoms. The summed E-state index contributed by atoms with van der Waals surface area (Å²) in [5, 5.41) is 9.63. The number of phenols is 1. The monoisotopic (exact) mass is 221 g/mol. The number of nitrogens with zero attached hydrogens (tertiary/aromatic N) is 1. The van der Waals surface area contributed by atoms with Gasteiger partial charge in [0.2, 0.25) is 0 Å². The van der Waals surface area contributed by atoms with Gasteiger partial charge in [-0.3, -0.25) is 0 Å². The summed E-state index contributed by atoms with van der Waals surface area (Å²) in [5.41, 5.74) is 3.62. The Hall–Kier alpha value is -1.55. The average molecular weight is 221 g/mol. The molecule has 0 aliphatic rings. The summed E-state index contributed by atoms with van der Waals surface area (Å²) >= 11 is 1.59. The van der Waals surface area contributed by atoms with Crippen LogP contribution in [0.4, 0.5) is 0 Å². The van der Waals surface area contributed by atoms with Gasteiger partial charge in [0.05, 0.1) is 18.3 Å². The molecule has 1 heterocycles. The zero-order valence-electron chi connectivity index (χ0n) is 8.52. The first-order valence-corrected chi connectivity index (χ1v) is 5.38. The van der Waals surface area contributed by atoms with E-state index in [1.54, 1.807) is 29.0 Å². The van der Waals surface area contributed by atoms with Gasteiger partial charge in [0.1, 0.15) is 0 Å². The summed E-state index contributed by atoms with van der Waals surface area (Å²) < 4.78 is 4.98. The zero-order chi connectivity index (χ0) is 10.8. The number of aromatic hydroxyl groups is 1. The number of methoxy groups -OCH3 is 1. The van der Waals surface area contributed by atoms with Gasteiger partial charge in [0, 0.05) is 10.4 Å². The standard InChI is InChI=1S/C11H11NO2S/c1-7-11(12-6-15-7)8-3-4-10(14-2)9(13)5-8/h3-6,13H,1-2H3. The highest BCUT2D eigenvalue weighted by molar-refractivity contribution is 7.10. The molecule has 1 aromatic heterocycles. The van der Waals surface area contributed by atoms with E-state index < -0.39 is 0 Å². The Kier molecular flexibility index (Phi) is 2.60. The predicted octanol–water partition coefficient (Wildman–Crippen LogP) is 2.83. The molecule has 1 N–H and O–H groups in total. The first-order valence-electron chi connectivity index (χ1n) is 4.50. The Labute approximate surface area is 92.0 Å². The smallest absolute Gasteiger partial charge is 0.160 e. The third kappa shape index (κ3) is 1.80. The van der Waals surface area contributed by atoms with E-state index >= 15 is 0 Å². The van der Waals surface area contributed by atoms with Crippen molar-refractivity contribution in [2.75, 3.05) is 7.11 Å². The molecule has 0 atom stereocenters. The number of aromatic nitrogens is 1. The molecule has 0 unspecified atom stereocenters. The van der Waals surface area contributed by atoms with E-state index in [9.17, 15) is 5.11 Å². The third-order valence-corrected chi connectivity index (χ3v) is 2.95. The molecule has 78 valence electrons. The summed E-state index contributed by atoms with van der Waals surface area (Å²) in [5.74, 6) is 0.619. The molecule has 2 aromatic rings. The maximum Gasteiger partial charge on any atom is 0.160 e. The predicted molar refractivity (Wildman–Crippen MR) is 60.5 cm³/mol. The normalized spacial score (nSPS) is 10.3. The maximum atomic E-state index is 9.63. The number of thiazole rings is 1. The quantitative estimate of drug-likeness (QED) is 0.847. The number of ether oxygens (including phenoxy) is 1. The van der Waals surface area contributed by atoms with Gasteiger partial charge in [-0.2, -0.15) is 0 Å². The molecule has 0 aliphatic carbocycles. The molecule has 2 rings (SSSR count). The summed E-state index contributed by atoms with van der Waals surface area (Å²) in [4.78, 5) is 5.39. The van der Waals surface area contributed by atoms with Gasteiger partial charge in [-0.15, -0.1) is 11.3 Å². The Morgan fingerprint density at radius 3 is 2.73 bits per heavy atom. The van der Waals surface area contributed by atoms with Crippen molar-refractivity contribution in [3.8, 4) is 22.8 Å². The molecule has 3 nitrogen and oxygen atoms in total. The zero-order valence-corrected chi connectivity index (χ0v) is 9.34. The van der Waals surface area contributed by atoms with Crippen LogP contribution in [0.3, 0.4) is 0 Å². The van der Waals surface area contributed by atoms with Gasteiger partial charge in [0.25, 0.3) is 0 Å². The van der Waals surface area contributed by atoms with Crippen LogP contribution >= 0.6 is 11.3 Å². The minimum absolute atomic E-state index is 0.141. The molecule has 0 saturated carbocycles. The van der Waals surface area contributed by atoms with Crippen molar-refractivity contribution in [3.63, 3.8) is 0 Å². The van der Waals surface area contributed by atoms with Gasteiger partial charge in [-0.1, -0.05) is 0 Å². The largest absolute Gasteiger partial charge is 0.504 e. The van der Waals surface area contributed by atoms with Crippen molar-refractivity contribution in [1.29, 1.82) is 0 Å². The fourth-order valence-electron chi connectivity index (χ4n) is 1.42. The Morgan fingerprint density at radius 1 is 1.40 bits per heavy atom. The Bertz CT molecular complexity index is 479. The van der Waals surface area contributed by atoms with Crippen LogP contribution in [0.2, 0.25) is 0 Å². The fraction of sp³-hybridized carbons (Fsp3) is 0.182. The minimum Gasteiger partial charge on any atom is -0.504 e. The molecule has 1 aromatic carbocycles. The number of hydrogen-bond acceptors (Lipinski definition) is 4. The lowest BCUT2D eigenvalue weighted by atomic mass is 10.1. The van der Waals surface area contributed by atoms with Gasteiger partial charge >= 0.3 is 0 Å². The second kappa shape index (κ2) is 3.90. The number of phenolic OH excluding ortho intramolecular Hbond substituents is 1. The number of benzene rings is 1. The summed E-state index contributed by atoms with van der Waals surface area (Å²) in [7, 11) is 1.53. The van der Waals surface area contributed by atoms with Crippen LogP contribution in [-0.2, 0) is 0 Å². The lowest BCUT2D eigenvalue weighted by Gasteiger charge is -2.05. The number of rotatable bonds is 2. The molecule has 4 heteroatoms. The van der Waals surface area contributed by atoms with Crippen molar-refractivity contribution < 1.29 is 9.84 Å². The molecule has 0 fully saturated rings. The molecule has 15 heavy (non-hydrogen) atoms. The van der Waals surface area contributed by atoms with Crippen LogP contribution in [-0.4, -0.2) is 17.2 Å². The molecule has 0 amide bonds. The van der Waals surface area contributed by atoms with Gasteiger partial charge < -0.3 is 9.84 Å². The molecule has 0 saturated heterocycles. The topological polar surface area (TPSA) is 42.4 Å². The van der Waals surface area contributed by atoms with Crippen LogP contribution in [0.1, 0.15) is 4.88 Å². The van der Waals surface area contributed by atoms with Crippen molar-refractivity contribution in [2.24, 2.45) is 0 Å². The molecular weight excluding hydrogens is 210 g/mol. The average Bonchev–Trinajstić information content (AvgIpc) is 2.64. The third-order valence-electron chi connectivity index (χ3n) is 2.20. The van der Waals surface area contributed by atoms with Crippen molar-refractivity contribution >= 4 is 11.3 Å². The minimum atomic E-state index is 0.141. The van der Waals surface area contributed by atoms with Crippen LogP contribution in [0.25, 0.3) is 11.3 Å². The van der Waals surface area contributed by atoms with Crippen molar-refractivity contribution in [2.45, 2.75) is 6.92 Å². The van der Waals surface area contributed by atoms with E-state index in [4.69, 9.17) is 4.74 Å². The highest BCUT2D eigenvalue weighted by atomic mass is 32.1. The molecular formula is C11H11NO2S. The van der Waals surface area contributed by atoms with Crippen LogP contribution < -0.4 is 4.74 Å². The molecule has 0 radical (unpaired) electrons. The van der Waals surface area contributed by atoms with E-state index in [1.807, 2.05) is 13.0 Å². The van der Waals surface area contributed by atoms with Gasteiger partial charge in [0.15, 0.2) is 11.5 Å². The van der Waals surface area contributed by atoms with E-state index in [0.717, 1.165) is 16.1 Å². The van der Waals surface area contributed by atoms with Gasteiger partial charge in [-0.05, 0) is 25.1 Å². The number of hydrogen-bond donors (Lipinski definition) is 1. The second-order valence-electron chi connectivity index (χ2n) is 3.14. The Morgan fingerprint density at radius 2 is 2.20 bits per heavy atom. The molecule has 0 spiro atoms. The van der Waals surface area contributed by atoms with Crippen molar-refractivity contribution in [3.05, 3.63) is 28.6 Å². The van der Waals surface area contributed by atoms with E-state index in [0.29, 0.717) is 5.75 Å². The molecule has 0 aliphatic heterocycles. The Balaban J connectivity index is 2.47. The van der Waals surface area contributed by atoms with E-state index in [-0.39, 0.29) is 5.75 Å². The van der Waals surface area contributed by atoms with Crippen molar-refractivity contribution in [1.82, 2.24) is 4.98 Å². The fourth-order valence-corrected chi connectivity index (χ4v) is 2.02. The highest BCUT2D eigenvalue weighted by Crippen LogP contribution is 2.32. The lowest BCUT2D eigenvalue weighted by molar-refractivity contribution is 0.373. The van der Waals surface area contributed by atoms with E-state index in [2.05, 4.69) is 4.98 Å². The van der Waals surface area contributed by atoms with Gasteiger partial charge in [-0.25, -0.2) is 4.98 Å².